The van der Waals surface area contributed by atoms with Crippen LogP contribution in [0.2, 0.25) is 5.02 Å². The molecule has 1 N–H and O–H groups in total. The van der Waals surface area contributed by atoms with Crippen LogP contribution in [0.1, 0.15) is 41.6 Å². The molecule has 2 fully saturated rings. The monoisotopic (exact) mass is 421 g/mol. The van der Waals surface area contributed by atoms with Gasteiger partial charge < -0.3 is 14.8 Å². The van der Waals surface area contributed by atoms with E-state index in [4.69, 9.17) is 11.6 Å². The third-order valence-corrected chi connectivity index (χ3v) is 6.21. The van der Waals surface area contributed by atoms with E-state index in [0.29, 0.717) is 29.2 Å². The second-order valence-electron chi connectivity index (χ2n) is 7.65. The van der Waals surface area contributed by atoms with Gasteiger partial charge in [0.15, 0.2) is 0 Å². The molecular weight excluding hydrogens is 397 g/mol. The maximum Gasteiger partial charge on any atom is 0.255 e. The number of halogens is 2. The first-order valence-corrected chi connectivity index (χ1v) is 9.86. The van der Waals surface area contributed by atoms with Gasteiger partial charge in [-0.25, -0.2) is 0 Å². The Morgan fingerprint density at radius 1 is 1.18 bits per heavy atom. The van der Waals surface area contributed by atoms with Crippen molar-refractivity contribution in [2.24, 2.45) is 0 Å². The number of piperidine rings is 1. The van der Waals surface area contributed by atoms with Crippen LogP contribution >= 0.6 is 24.0 Å². The topological polar surface area (TPSA) is 54.3 Å². The summed E-state index contributed by atoms with van der Waals surface area (Å²) in [6.07, 6.45) is 6.05. The minimum absolute atomic E-state index is 0. The SMILES string of the molecule is CN(C(=O)c1ccc(=O)n(Cc2ccccc2Cl)c1)C1CC2CCC(C1)N2.Cl. The minimum Gasteiger partial charge on any atom is -0.339 e. The van der Waals surface area contributed by atoms with Gasteiger partial charge in [0, 0.05) is 42.5 Å². The summed E-state index contributed by atoms with van der Waals surface area (Å²) in [6.45, 7) is 0.348. The first-order valence-electron chi connectivity index (χ1n) is 9.48. The highest BCUT2D eigenvalue weighted by Crippen LogP contribution is 2.29. The molecular formula is C21H25Cl2N3O2. The summed E-state index contributed by atoms with van der Waals surface area (Å²) < 4.78 is 1.55. The van der Waals surface area contributed by atoms with Crippen LogP contribution in [0.5, 0.6) is 0 Å². The molecule has 2 bridgehead atoms. The summed E-state index contributed by atoms with van der Waals surface area (Å²) in [5.41, 5.74) is 1.25. The number of rotatable bonds is 4. The highest BCUT2D eigenvalue weighted by molar-refractivity contribution is 6.31. The van der Waals surface area contributed by atoms with Crippen LogP contribution < -0.4 is 10.9 Å². The molecule has 5 nitrogen and oxygen atoms in total. The third kappa shape index (κ3) is 4.27. The highest BCUT2D eigenvalue weighted by Gasteiger charge is 2.36. The van der Waals surface area contributed by atoms with Crippen LogP contribution in [0.3, 0.4) is 0 Å². The van der Waals surface area contributed by atoms with Gasteiger partial charge in [-0.2, -0.15) is 0 Å². The average molecular weight is 422 g/mol. The van der Waals surface area contributed by atoms with Gasteiger partial charge in [0.1, 0.15) is 0 Å². The van der Waals surface area contributed by atoms with Crippen molar-refractivity contribution in [3.05, 3.63) is 69.1 Å². The largest absolute Gasteiger partial charge is 0.339 e. The fraction of sp³-hybridized carbons (Fsp3) is 0.429. The fourth-order valence-corrected chi connectivity index (χ4v) is 4.50. The number of carbonyl (C=O) groups excluding carboxylic acids is 1. The first-order chi connectivity index (χ1) is 13.0. The Morgan fingerprint density at radius 2 is 1.86 bits per heavy atom. The number of benzene rings is 1. The Hall–Kier alpha value is -1.82. The molecule has 0 spiro atoms. The van der Waals surface area contributed by atoms with E-state index in [1.165, 1.54) is 18.9 Å². The summed E-state index contributed by atoms with van der Waals surface area (Å²) in [4.78, 5) is 27.1. The Bertz CT molecular complexity index is 903. The number of pyridine rings is 1. The molecule has 1 aromatic carbocycles. The summed E-state index contributed by atoms with van der Waals surface area (Å²) in [7, 11) is 1.88. The zero-order valence-corrected chi connectivity index (χ0v) is 17.4. The summed E-state index contributed by atoms with van der Waals surface area (Å²) in [5.74, 6) is -0.0331. The molecule has 2 saturated heterocycles. The van der Waals surface area contributed by atoms with Crippen LogP contribution in [0.4, 0.5) is 0 Å². The number of carbonyl (C=O) groups is 1. The predicted molar refractivity (Wildman–Crippen MR) is 114 cm³/mol. The standard InChI is InChI=1S/C21H24ClN3O2.ClH/c1-24(18-10-16-7-8-17(11-18)23-16)21(27)15-6-9-20(26)25(13-15)12-14-4-2-3-5-19(14)22;/h2-6,9,13,16-18,23H,7-8,10-12H2,1H3;1H. The first kappa shape index (κ1) is 20.9. The normalized spacial score (nSPS) is 23.1. The van der Waals surface area contributed by atoms with E-state index in [-0.39, 0.29) is 29.9 Å². The summed E-state index contributed by atoms with van der Waals surface area (Å²) >= 11 is 6.22. The third-order valence-electron chi connectivity index (χ3n) is 5.85. The van der Waals surface area contributed by atoms with E-state index in [2.05, 4.69) is 5.32 Å². The maximum atomic E-state index is 13.0. The Kier molecular flexibility index (Phi) is 6.48. The van der Waals surface area contributed by atoms with Crippen LogP contribution in [0.15, 0.2) is 47.4 Å². The van der Waals surface area contributed by atoms with Crippen molar-refractivity contribution >= 4 is 29.9 Å². The number of aromatic nitrogens is 1. The van der Waals surface area contributed by atoms with Crippen LogP contribution in [0.25, 0.3) is 0 Å². The second kappa shape index (κ2) is 8.68. The van der Waals surface area contributed by atoms with Crippen molar-refractivity contribution < 1.29 is 4.79 Å². The number of hydrogen-bond acceptors (Lipinski definition) is 3. The number of nitrogens with zero attached hydrogens (tertiary/aromatic N) is 2. The molecule has 2 unspecified atom stereocenters. The molecule has 2 aliphatic rings. The Labute approximate surface area is 176 Å². The van der Waals surface area contributed by atoms with E-state index < -0.39 is 0 Å². The van der Waals surface area contributed by atoms with Gasteiger partial charge in [-0.1, -0.05) is 29.8 Å². The van der Waals surface area contributed by atoms with E-state index in [0.717, 1.165) is 18.4 Å². The quantitative estimate of drug-likeness (QED) is 0.823. The molecule has 3 heterocycles. The van der Waals surface area contributed by atoms with Gasteiger partial charge in [-0.3, -0.25) is 9.59 Å². The lowest BCUT2D eigenvalue weighted by Gasteiger charge is -2.35. The van der Waals surface area contributed by atoms with Gasteiger partial charge in [0.25, 0.3) is 11.5 Å². The molecule has 1 aromatic heterocycles. The van der Waals surface area contributed by atoms with E-state index >= 15 is 0 Å². The van der Waals surface area contributed by atoms with Gasteiger partial charge in [0.05, 0.1) is 12.1 Å². The highest BCUT2D eigenvalue weighted by atomic mass is 35.5. The lowest BCUT2D eigenvalue weighted by molar-refractivity contribution is 0.0680. The van der Waals surface area contributed by atoms with Gasteiger partial charge in [-0.15, -0.1) is 12.4 Å². The van der Waals surface area contributed by atoms with E-state index in [1.54, 1.807) is 22.9 Å². The van der Waals surface area contributed by atoms with Crippen molar-refractivity contribution in [1.29, 1.82) is 0 Å². The van der Waals surface area contributed by atoms with Crippen molar-refractivity contribution in [2.75, 3.05) is 7.05 Å². The van der Waals surface area contributed by atoms with Crippen LogP contribution in [-0.4, -0.2) is 40.5 Å². The molecule has 0 aliphatic carbocycles. The zero-order chi connectivity index (χ0) is 19.0. The predicted octanol–water partition coefficient (Wildman–Crippen LogP) is 3.33. The number of amides is 1. The molecule has 2 aliphatic heterocycles. The summed E-state index contributed by atoms with van der Waals surface area (Å²) in [6, 6.07) is 11.8. The smallest absolute Gasteiger partial charge is 0.255 e. The van der Waals surface area contributed by atoms with Crippen LogP contribution in [-0.2, 0) is 6.54 Å². The molecule has 2 aromatic rings. The van der Waals surface area contributed by atoms with E-state index in [1.807, 2.05) is 30.1 Å². The zero-order valence-electron chi connectivity index (χ0n) is 15.8. The molecule has 150 valence electrons. The maximum absolute atomic E-state index is 13.0. The number of hydrogen-bond donors (Lipinski definition) is 1. The van der Waals surface area contributed by atoms with Crippen molar-refractivity contribution in [3.63, 3.8) is 0 Å². The van der Waals surface area contributed by atoms with Gasteiger partial charge >= 0.3 is 0 Å². The number of nitrogens with one attached hydrogen (secondary N) is 1. The Morgan fingerprint density at radius 3 is 2.54 bits per heavy atom. The van der Waals surface area contributed by atoms with Crippen molar-refractivity contribution in [1.82, 2.24) is 14.8 Å². The van der Waals surface area contributed by atoms with Gasteiger partial charge in [-0.05, 0) is 43.4 Å². The second-order valence-corrected chi connectivity index (χ2v) is 8.06. The minimum atomic E-state index is -0.144. The van der Waals surface area contributed by atoms with Crippen LogP contribution in [0, 0.1) is 0 Å². The molecule has 4 rings (SSSR count). The van der Waals surface area contributed by atoms with Crippen molar-refractivity contribution in [3.8, 4) is 0 Å². The molecule has 2 atom stereocenters. The molecule has 0 saturated carbocycles. The molecule has 28 heavy (non-hydrogen) atoms. The molecule has 7 heteroatoms. The molecule has 0 radical (unpaired) electrons. The van der Waals surface area contributed by atoms with Gasteiger partial charge in [0.2, 0.25) is 0 Å². The lowest BCUT2D eigenvalue weighted by atomic mass is 9.98. The fourth-order valence-electron chi connectivity index (χ4n) is 4.30. The van der Waals surface area contributed by atoms with E-state index in [9.17, 15) is 9.59 Å². The lowest BCUT2D eigenvalue weighted by Crippen LogP contribution is -2.48. The summed E-state index contributed by atoms with van der Waals surface area (Å²) in [5, 5.41) is 4.22. The van der Waals surface area contributed by atoms with Crippen molar-refractivity contribution in [2.45, 2.75) is 50.4 Å². The molecule has 1 amide bonds. The average Bonchev–Trinajstić information content (AvgIpc) is 3.01. The Balaban J connectivity index is 0.00000225. The number of fused-ring (bicyclic) bond motifs is 2.